The fourth-order valence-corrected chi connectivity index (χ4v) is 4.78. The molecule has 2 aromatic carbocycles. The van der Waals surface area contributed by atoms with Gasteiger partial charge in [0.25, 0.3) is 10.0 Å². The number of aromatic nitrogens is 1. The van der Waals surface area contributed by atoms with Crippen molar-refractivity contribution in [3.8, 4) is 27.8 Å². The van der Waals surface area contributed by atoms with E-state index >= 15 is 0 Å². The van der Waals surface area contributed by atoms with Crippen molar-refractivity contribution < 1.29 is 27.8 Å². The number of sulfonamides is 1. The predicted molar refractivity (Wildman–Crippen MR) is 101 cm³/mol. The molecule has 2 heterocycles. The molecule has 10 heteroatoms. The van der Waals surface area contributed by atoms with Crippen molar-refractivity contribution in [1.29, 1.82) is 0 Å². The normalized spacial score (nSPS) is 15.2. The maximum absolute atomic E-state index is 12.7. The zero-order valence-electron chi connectivity index (χ0n) is 14.3. The van der Waals surface area contributed by atoms with Crippen LogP contribution in [0.25, 0.3) is 10.6 Å². The Morgan fingerprint density at radius 2 is 2.04 bits per heavy atom. The number of carbonyl (C=O) groups is 1. The SMILES string of the molecule is O=C(O)N1CCOc2ccc(Oc3cccc(-c4nccs4)c3)cc2S1(=O)=O. The molecular weight excluding hydrogens is 404 g/mol. The van der Waals surface area contributed by atoms with Gasteiger partial charge in [-0.2, -0.15) is 4.31 Å². The van der Waals surface area contributed by atoms with Crippen LogP contribution in [0.5, 0.6) is 17.2 Å². The molecule has 0 saturated carbocycles. The lowest BCUT2D eigenvalue weighted by molar-refractivity contribution is 0.167. The first-order valence-corrected chi connectivity index (χ1v) is 10.5. The molecule has 0 aliphatic carbocycles. The fourth-order valence-electron chi connectivity index (χ4n) is 2.74. The lowest BCUT2D eigenvalue weighted by Gasteiger charge is -2.16. The van der Waals surface area contributed by atoms with Crippen LogP contribution in [0.2, 0.25) is 0 Å². The smallest absolute Gasteiger partial charge is 0.421 e. The zero-order valence-corrected chi connectivity index (χ0v) is 15.9. The highest BCUT2D eigenvalue weighted by Gasteiger charge is 2.34. The van der Waals surface area contributed by atoms with Crippen molar-refractivity contribution in [2.24, 2.45) is 0 Å². The van der Waals surface area contributed by atoms with Crippen molar-refractivity contribution in [2.75, 3.05) is 13.2 Å². The number of nitrogens with zero attached hydrogens (tertiary/aromatic N) is 2. The Morgan fingerprint density at radius 1 is 1.21 bits per heavy atom. The van der Waals surface area contributed by atoms with E-state index in [4.69, 9.17) is 9.47 Å². The van der Waals surface area contributed by atoms with Crippen molar-refractivity contribution >= 4 is 27.5 Å². The molecule has 0 saturated heterocycles. The van der Waals surface area contributed by atoms with E-state index < -0.39 is 16.1 Å². The van der Waals surface area contributed by atoms with Gasteiger partial charge in [0.05, 0.1) is 6.54 Å². The summed E-state index contributed by atoms with van der Waals surface area (Å²) in [5, 5.41) is 11.9. The topological polar surface area (TPSA) is 106 Å². The molecule has 3 aromatic rings. The Labute approximate surface area is 164 Å². The third kappa shape index (κ3) is 3.39. The minimum absolute atomic E-state index is 0.0609. The molecule has 1 N–H and O–H groups in total. The molecule has 8 nitrogen and oxygen atoms in total. The van der Waals surface area contributed by atoms with Gasteiger partial charge in [-0.25, -0.2) is 18.2 Å². The standard InChI is InChI=1S/C18H14N2O6S2/c21-18(22)20-7-8-25-15-5-4-14(11-16(15)28(20,23)24)26-13-3-1-2-12(10-13)17-19-6-9-27-17/h1-6,9-11H,7-8H2,(H,21,22). The fraction of sp³-hybridized carbons (Fsp3) is 0.111. The van der Waals surface area contributed by atoms with E-state index in [2.05, 4.69) is 4.98 Å². The molecule has 0 unspecified atom stereocenters. The van der Waals surface area contributed by atoms with Gasteiger partial charge in [0.1, 0.15) is 33.8 Å². The van der Waals surface area contributed by atoms with Crippen LogP contribution < -0.4 is 9.47 Å². The van der Waals surface area contributed by atoms with Gasteiger partial charge in [-0.1, -0.05) is 12.1 Å². The quantitative estimate of drug-likeness (QED) is 0.692. The maximum Gasteiger partial charge on any atom is 0.421 e. The van der Waals surface area contributed by atoms with Crippen LogP contribution in [0.15, 0.2) is 58.9 Å². The van der Waals surface area contributed by atoms with Crippen LogP contribution in [0, 0.1) is 0 Å². The van der Waals surface area contributed by atoms with Gasteiger partial charge in [-0.15, -0.1) is 11.3 Å². The second-order valence-corrected chi connectivity index (χ2v) is 8.51. The minimum Gasteiger partial charge on any atom is -0.490 e. The molecule has 28 heavy (non-hydrogen) atoms. The molecule has 0 fully saturated rings. The van der Waals surface area contributed by atoms with Crippen molar-refractivity contribution in [1.82, 2.24) is 9.29 Å². The molecule has 1 aliphatic heterocycles. The third-order valence-corrected chi connectivity index (χ3v) is 6.61. The van der Waals surface area contributed by atoms with Gasteiger partial charge in [-0.3, -0.25) is 0 Å². The molecule has 144 valence electrons. The van der Waals surface area contributed by atoms with Crippen LogP contribution in [0.1, 0.15) is 0 Å². The highest BCUT2D eigenvalue weighted by molar-refractivity contribution is 7.89. The number of thiazole rings is 1. The molecule has 0 bridgehead atoms. The number of hydrogen-bond acceptors (Lipinski definition) is 7. The summed E-state index contributed by atoms with van der Waals surface area (Å²) in [7, 11) is -4.26. The molecule has 1 aliphatic rings. The van der Waals surface area contributed by atoms with Gasteiger partial charge in [0, 0.05) is 23.2 Å². The van der Waals surface area contributed by atoms with Gasteiger partial charge < -0.3 is 14.6 Å². The van der Waals surface area contributed by atoms with Crippen LogP contribution in [0.3, 0.4) is 0 Å². The number of rotatable bonds is 3. The van der Waals surface area contributed by atoms with Gasteiger partial charge in [0.2, 0.25) is 0 Å². The molecule has 1 amide bonds. The Hall–Kier alpha value is -3.11. The lowest BCUT2D eigenvalue weighted by Crippen LogP contribution is -2.36. The molecule has 1 aromatic heterocycles. The largest absolute Gasteiger partial charge is 0.490 e. The number of ether oxygens (including phenoxy) is 2. The second kappa shape index (κ2) is 7.13. The minimum atomic E-state index is -4.26. The first-order chi connectivity index (χ1) is 13.4. The Balaban J connectivity index is 1.68. The number of hydrogen-bond donors (Lipinski definition) is 1. The highest BCUT2D eigenvalue weighted by Crippen LogP contribution is 2.35. The van der Waals surface area contributed by atoms with Gasteiger partial charge in [0.15, 0.2) is 0 Å². The van der Waals surface area contributed by atoms with Crippen LogP contribution >= 0.6 is 11.3 Å². The van der Waals surface area contributed by atoms with Crippen molar-refractivity contribution in [3.63, 3.8) is 0 Å². The Morgan fingerprint density at radius 3 is 2.79 bits per heavy atom. The predicted octanol–water partition coefficient (Wildman–Crippen LogP) is 3.66. The van der Waals surface area contributed by atoms with Crippen LogP contribution in [-0.2, 0) is 10.0 Å². The zero-order chi connectivity index (χ0) is 19.7. The molecule has 4 rings (SSSR count). The van der Waals surface area contributed by atoms with E-state index in [-0.39, 0.29) is 29.5 Å². The van der Waals surface area contributed by atoms with E-state index in [0.717, 1.165) is 10.6 Å². The second-order valence-electron chi connectivity index (χ2n) is 5.78. The summed E-state index contributed by atoms with van der Waals surface area (Å²) in [5.74, 6) is 0.830. The molecular formula is C18H14N2O6S2. The Kier molecular flexibility index (Phi) is 4.65. The Bertz CT molecular complexity index is 1130. The first kappa shape index (κ1) is 18.3. The van der Waals surface area contributed by atoms with E-state index in [1.165, 1.54) is 23.5 Å². The summed E-state index contributed by atoms with van der Waals surface area (Å²) in [5.41, 5.74) is 0.871. The average molecular weight is 418 g/mol. The van der Waals surface area contributed by atoms with Crippen molar-refractivity contribution in [3.05, 3.63) is 54.0 Å². The molecule has 0 spiro atoms. The van der Waals surface area contributed by atoms with Crippen LogP contribution in [0.4, 0.5) is 4.79 Å². The van der Waals surface area contributed by atoms with Gasteiger partial charge in [-0.05, 0) is 24.3 Å². The van der Waals surface area contributed by atoms with E-state index in [1.54, 1.807) is 24.4 Å². The highest BCUT2D eigenvalue weighted by atomic mass is 32.2. The summed E-state index contributed by atoms with van der Waals surface area (Å²) >= 11 is 1.49. The summed E-state index contributed by atoms with van der Waals surface area (Å²) in [6.45, 7) is -0.340. The summed E-state index contributed by atoms with van der Waals surface area (Å²) < 4.78 is 36.9. The average Bonchev–Trinajstić information content (AvgIpc) is 3.16. The monoisotopic (exact) mass is 418 g/mol. The van der Waals surface area contributed by atoms with Crippen molar-refractivity contribution in [2.45, 2.75) is 4.90 Å². The maximum atomic E-state index is 12.7. The van der Waals surface area contributed by atoms with Crippen LogP contribution in [-0.4, -0.2) is 42.1 Å². The first-order valence-electron chi connectivity index (χ1n) is 8.15. The van der Waals surface area contributed by atoms with E-state index in [1.807, 2.05) is 17.5 Å². The van der Waals surface area contributed by atoms with E-state index in [9.17, 15) is 18.3 Å². The lowest BCUT2D eigenvalue weighted by atomic mass is 10.2. The third-order valence-electron chi connectivity index (χ3n) is 4.00. The van der Waals surface area contributed by atoms with E-state index in [0.29, 0.717) is 10.1 Å². The number of amides is 1. The summed E-state index contributed by atoms with van der Waals surface area (Å²) in [6, 6.07) is 11.5. The number of benzene rings is 2. The summed E-state index contributed by atoms with van der Waals surface area (Å²) in [4.78, 5) is 15.3. The molecule has 0 atom stereocenters. The number of fused-ring (bicyclic) bond motifs is 1. The molecule has 0 radical (unpaired) electrons. The summed E-state index contributed by atoms with van der Waals surface area (Å²) in [6.07, 6.45) is 0.151. The van der Waals surface area contributed by atoms with Gasteiger partial charge >= 0.3 is 6.09 Å². The number of carboxylic acid groups (broad SMARTS) is 1.